The lowest BCUT2D eigenvalue weighted by atomic mass is 9.95. The van der Waals surface area contributed by atoms with Crippen molar-refractivity contribution in [2.24, 2.45) is 0 Å². The zero-order valence-electron chi connectivity index (χ0n) is 9.61. The molecule has 0 spiro atoms. The highest BCUT2D eigenvalue weighted by Gasteiger charge is 2.19. The fourth-order valence-electron chi connectivity index (χ4n) is 2.29. The van der Waals surface area contributed by atoms with Crippen LogP contribution in [0.25, 0.3) is 0 Å². The number of nitrogens with zero attached hydrogens (tertiary/aromatic N) is 1. The highest BCUT2D eigenvalue weighted by Crippen LogP contribution is 2.19. The first-order valence-corrected chi connectivity index (χ1v) is 5.68. The van der Waals surface area contributed by atoms with Crippen LogP contribution in [0, 0.1) is 0 Å². The van der Waals surface area contributed by atoms with E-state index in [-0.39, 0.29) is 0 Å². The quantitative estimate of drug-likeness (QED) is 0.665. The van der Waals surface area contributed by atoms with Gasteiger partial charge in [-0.15, -0.1) is 0 Å². The smallest absolute Gasteiger partial charge is 0.0342 e. The summed E-state index contributed by atoms with van der Waals surface area (Å²) < 4.78 is 0. The van der Waals surface area contributed by atoms with Gasteiger partial charge in [0.05, 0.1) is 0 Å². The molecule has 0 N–H and O–H groups in total. The topological polar surface area (TPSA) is 3.24 Å². The minimum atomic E-state index is 0.598. The number of hydrogen-bond donors (Lipinski definition) is 0. The van der Waals surface area contributed by atoms with E-state index in [1.54, 1.807) is 0 Å². The largest absolute Gasteiger partial charge is 0.299 e. The Kier molecular flexibility index (Phi) is 3.22. The summed E-state index contributed by atoms with van der Waals surface area (Å²) in [4.78, 5) is 2.46. The first kappa shape index (κ1) is 10.4. The van der Waals surface area contributed by atoms with Crippen LogP contribution >= 0.6 is 0 Å². The number of likely N-dealkylation sites (N-methyl/N-ethyl adjacent to an activating group) is 1. The molecule has 1 aromatic rings. The molecule has 1 heterocycles. The van der Waals surface area contributed by atoms with Gasteiger partial charge in [0.1, 0.15) is 0 Å². The number of benzene rings is 1. The summed E-state index contributed by atoms with van der Waals surface area (Å²) in [6, 6.07) is 11.4. The monoisotopic (exact) mass is 201 g/mol. The molecule has 1 aromatic carbocycles. The minimum Gasteiger partial charge on any atom is -0.299 e. The average molecular weight is 201 g/mol. The second kappa shape index (κ2) is 4.63. The zero-order valence-corrected chi connectivity index (χ0v) is 9.61. The van der Waals surface area contributed by atoms with Crippen molar-refractivity contribution in [1.29, 1.82) is 0 Å². The van der Waals surface area contributed by atoms with Gasteiger partial charge in [-0.05, 0) is 32.4 Å². The highest BCUT2D eigenvalue weighted by molar-refractivity contribution is 5.21. The van der Waals surface area contributed by atoms with E-state index in [4.69, 9.17) is 0 Å². The molecule has 1 aliphatic rings. The van der Waals surface area contributed by atoms with Crippen LogP contribution in [-0.2, 0) is 6.42 Å². The SMILES string of the molecule is CC1=CCCN(C)C1Cc1ccccc1. The van der Waals surface area contributed by atoms with Crippen LogP contribution in [-0.4, -0.2) is 24.5 Å². The predicted octanol–water partition coefficient (Wildman–Crippen LogP) is 2.88. The molecule has 1 unspecified atom stereocenters. The van der Waals surface area contributed by atoms with E-state index in [0.717, 1.165) is 6.42 Å². The Morgan fingerprint density at radius 3 is 2.67 bits per heavy atom. The van der Waals surface area contributed by atoms with Gasteiger partial charge >= 0.3 is 0 Å². The lowest BCUT2D eigenvalue weighted by Gasteiger charge is -2.32. The van der Waals surface area contributed by atoms with E-state index in [0.29, 0.717) is 6.04 Å². The van der Waals surface area contributed by atoms with Gasteiger partial charge in [0.25, 0.3) is 0 Å². The van der Waals surface area contributed by atoms with Gasteiger partial charge in [-0.25, -0.2) is 0 Å². The second-order valence-corrected chi connectivity index (χ2v) is 4.42. The number of rotatable bonds is 2. The average Bonchev–Trinajstić information content (AvgIpc) is 2.25. The number of hydrogen-bond acceptors (Lipinski definition) is 1. The van der Waals surface area contributed by atoms with Crippen LogP contribution < -0.4 is 0 Å². The minimum absolute atomic E-state index is 0.598. The van der Waals surface area contributed by atoms with Crippen molar-refractivity contribution in [2.45, 2.75) is 25.8 Å². The molecule has 0 saturated carbocycles. The summed E-state index contributed by atoms with van der Waals surface area (Å²) in [6.45, 7) is 3.44. The molecule has 15 heavy (non-hydrogen) atoms. The Labute approximate surface area is 92.4 Å². The Morgan fingerprint density at radius 2 is 2.00 bits per heavy atom. The highest BCUT2D eigenvalue weighted by atomic mass is 15.1. The lowest BCUT2D eigenvalue weighted by molar-refractivity contribution is 0.261. The maximum Gasteiger partial charge on any atom is 0.0342 e. The maximum absolute atomic E-state index is 2.46. The van der Waals surface area contributed by atoms with Gasteiger partial charge in [0, 0.05) is 12.6 Å². The molecular weight excluding hydrogens is 182 g/mol. The zero-order chi connectivity index (χ0) is 10.7. The molecule has 0 aromatic heterocycles. The molecule has 1 nitrogen and oxygen atoms in total. The van der Waals surface area contributed by atoms with E-state index in [2.05, 4.69) is 55.3 Å². The fourth-order valence-corrected chi connectivity index (χ4v) is 2.29. The van der Waals surface area contributed by atoms with Gasteiger partial charge in [-0.2, -0.15) is 0 Å². The van der Waals surface area contributed by atoms with Crippen LogP contribution in [0.5, 0.6) is 0 Å². The Bertz CT molecular complexity index is 340. The standard InChI is InChI=1S/C14H19N/c1-12-7-6-10-15(2)14(12)11-13-8-4-3-5-9-13/h3-5,7-9,14H,6,10-11H2,1-2H3. The first-order valence-electron chi connectivity index (χ1n) is 5.68. The van der Waals surface area contributed by atoms with Crippen LogP contribution in [0.1, 0.15) is 18.9 Å². The summed E-state index contributed by atoms with van der Waals surface area (Å²) in [5.41, 5.74) is 2.96. The van der Waals surface area contributed by atoms with Crippen molar-refractivity contribution in [2.75, 3.05) is 13.6 Å². The molecular formula is C14H19N. The molecule has 0 aliphatic carbocycles. The van der Waals surface area contributed by atoms with E-state index in [1.165, 1.54) is 24.1 Å². The summed E-state index contributed by atoms with van der Waals surface area (Å²) >= 11 is 0. The van der Waals surface area contributed by atoms with Crippen molar-refractivity contribution in [1.82, 2.24) is 4.90 Å². The van der Waals surface area contributed by atoms with Crippen molar-refractivity contribution in [3.05, 3.63) is 47.5 Å². The van der Waals surface area contributed by atoms with Gasteiger partial charge < -0.3 is 0 Å². The van der Waals surface area contributed by atoms with Gasteiger partial charge in [0.15, 0.2) is 0 Å². The van der Waals surface area contributed by atoms with Gasteiger partial charge in [-0.3, -0.25) is 4.90 Å². The Balaban J connectivity index is 2.11. The molecule has 0 bridgehead atoms. The molecule has 1 aliphatic heterocycles. The summed E-state index contributed by atoms with van der Waals surface area (Å²) in [7, 11) is 2.23. The maximum atomic E-state index is 2.46. The molecule has 1 heteroatoms. The molecule has 0 amide bonds. The van der Waals surface area contributed by atoms with Crippen LogP contribution in [0.3, 0.4) is 0 Å². The predicted molar refractivity (Wildman–Crippen MR) is 64.9 cm³/mol. The second-order valence-electron chi connectivity index (χ2n) is 4.42. The molecule has 0 saturated heterocycles. The van der Waals surface area contributed by atoms with Crippen molar-refractivity contribution < 1.29 is 0 Å². The summed E-state index contributed by atoms with van der Waals surface area (Å²) in [5, 5.41) is 0. The molecule has 1 atom stereocenters. The van der Waals surface area contributed by atoms with E-state index in [9.17, 15) is 0 Å². The van der Waals surface area contributed by atoms with Crippen LogP contribution in [0.2, 0.25) is 0 Å². The Hall–Kier alpha value is -1.08. The van der Waals surface area contributed by atoms with E-state index in [1.807, 2.05) is 0 Å². The third kappa shape index (κ3) is 2.48. The van der Waals surface area contributed by atoms with Crippen molar-refractivity contribution in [3.8, 4) is 0 Å². The Morgan fingerprint density at radius 1 is 1.27 bits per heavy atom. The van der Waals surface area contributed by atoms with Crippen molar-refractivity contribution in [3.63, 3.8) is 0 Å². The van der Waals surface area contributed by atoms with E-state index >= 15 is 0 Å². The third-order valence-electron chi connectivity index (χ3n) is 3.28. The summed E-state index contributed by atoms with van der Waals surface area (Å²) in [6.07, 6.45) is 4.72. The molecule has 0 fully saturated rings. The van der Waals surface area contributed by atoms with Crippen LogP contribution in [0.15, 0.2) is 42.0 Å². The molecule has 2 rings (SSSR count). The third-order valence-corrected chi connectivity index (χ3v) is 3.28. The first-order chi connectivity index (χ1) is 7.27. The van der Waals surface area contributed by atoms with E-state index < -0.39 is 0 Å². The normalized spacial score (nSPS) is 22.5. The summed E-state index contributed by atoms with van der Waals surface area (Å²) in [5.74, 6) is 0. The van der Waals surface area contributed by atoms with Crippen LogP contribution in [0.4, 0.5) is 0 Å². The molecule has 80 valence electrons. The molecule has 0 radical (unpaired) electrons. The van der Waals surface area contributed by atoms with Gasteiger partial charge in [-0.1, -0.05) is 42.0 Å². The fraction of sp³-hybridized carbons (Fsp3) is 0.429. The van der Waals surface area contributed by atoms with Crippen molar-refractivity contribution >= 4 is 0 Å². The lowest BCUT2D eigenvalue weighted by Crippen LogP contribution is -2.37. The van der Waals surface area contributed by atoms with Gasteiger partial charge in [0.2, 0.25) is 0 Å².